The van der Waals surface area contributed by atoms with Crippen molar-refractivity contribution in [2.24, 2.45) is 33.7 Å². The topological polar surface area (TPSA) is 296 Å². The zero-order chi connectivity index (χ0) is 29.9. The first-order chi connectivity index (χ1) is 19.1. The van der Waals surface area contributed by atoms with Gasteiger partial charge in [0.1, 0.15) is 18.1 Å². The molecule has 0 fully saturated rings. The number of hydrogen-bond donors (Lipinski definition) is 10. The highest BCUT2D eigenvalue weighted by molar-refractivity contribution is 5.94. The molecule has 1 heterocycles. The van der Waals surface area contributed by atoms with Crippen molar-refractivity contribution in [3.8, 4) is 0 Å². The molecular weight excluding hydrogens is 522 g/mol. The maximum absolute atomic E-state index is 13.4. The van der Waals surface area contributed by atoms with E-state index in [1.807, 2.05) is 0 Å². The van der Waals surface area contributed by atoms with Crippen molar-refractivity contribution in [1.82, 2.24) is 25.9 Å². The summed E-state index contributed by atoms with van der Waals surface area (Å²) in [5.74, 6) is -3.10. The van der Waals surface area contributed by atoms with E-state index >= 15 is 0 Å². The lowest BCUT2D eigenvalue weighted by Gasteiger charge is -2.25. The molecule has 0 aliphatic rings. The fourth-order valence-electron chi connectivity index (χ4n) is 3.81. The third kappa shape index (κ3) is 13.9. The predicted octanol–water partition coefficient (Wildman–Crippen LogP) is -2.87. The van der Waals surface area contributed by atoms with Crippen LogP contribution < -0.4 is 44.6 Å². The molecule has 0 unspecified atom stereocenters. The number of nitrogens with zero attached hydrogens (tertiary/aromatic N) is 2. The summed E-state index contributed by atoms with van der Waals surface area (Å²) in [7, 11) is 0. The summed E-state index contributed by atoms with van der Waals surface area (Å²) in [5, 5.41) is 17.4. The molecule has 0 saturated carbocycles. The van der Waals surface area contributed by atoms with Gasteiger partial charge in [0.25, 0.3) is 0 Å². The van der Waals surface area contributed by atoms with Gasteiger partial charge in [-0.1, -0.05) is 0 Å². The molecule has 0 saturated heterocycles. The van der Waals surface area contributed by atoms with Crippen molar-refractivity contribution in [2.45, 2.75) is 82.0 Å². The molecule has 0 spiro atoms. The summed E-state index contributed by atoms with van der Waals surface area (Å²) in [6.07, 6.45) is 6.36. The maximum Gasteiger partial charge on any atom is 0.326 e. The summed E-state index contributed by atoms with van der Waals surface area (Å²) in [5.41, 5.74) is 28.2. The number of aromatic amines is 1. The largest absolute Gasteiger partial charge is 0.480 e. The number of aromatic nitrogens is 2. The Hall–Kier alpha value is -3.76. The Morgan fingerprint density at radius 3 is 1.98 bits per heavy atom. The highest BCUT2D eigenvalue weighted by Crippen LogP contribution is 2.07. The molecule has 0 aromatic carbocycles. The molecule has 3 amide bonds. The molecule has 15 N–H and O–H groups in total. The summed E-state index contributed by atoms with van der Waals surface area (Å²) < 4.78 is 0. The third-order valence-corrected chi connectivity index (χ3v) is 6.06. The minimum atomic E-state index is -1.18. The van der Waals surface area contributed by atoms with Gasteiger partial charge in [0.15, 0.2) is 5.96 Å². The standard InChI is InChI=1S/C24H45N11O5/c25-9-3-1-7-17(21(37)34-18(23(39)40)8-2-4-10-26)33-22(38)19(12-15-13-30-14-32-15)35-20(36)16(27)6-5-11-31-24(28)29/h13-14,16-19H,1-12,25-27H2,(H,30,32)(H,33,38)(H,34,37)(H,35,36)(H,39,40)(H4,28,29,31)/t16-,17-,18-,19-/m0/s1. The van der Waals surface area contributed by atoms with Gasteiger partial charge in [-0.05, 0) is 64.5 Å². The lowest BCUT2D eigenvalue weighted by Crippen LogP contribution is -2.57. The summed E-state index contributed by atoms with van der Waals surface area (Å²) >= 11 is 0. The highest BCUT2D eigenvalue weighted by atomic mass is 16.4. The number of aliphatic imine (C=N–C) groups is 1. The van der Waals surface area contributed by atoms with E-state index < -0.39 is 47.9 Å². The second-order valence-electron chi connectivity index (χ2n) is 9.43. The van der Waals surface area contributed by atoms with Gasteiger partial charge in [-0.3, -0.25) is 19.4 Å². The zero-order valence-electron chi connectivity index (χ0n) is 22.8. The number of aliphatic carboxylic acids is 1. The van der Waals surface area contributed by atoms with E-state index in [9.17, 15) is 24.3 Å². The number of carbonyl (C=O) groups is 4. The van der Waals surface area contributed by atoms with E-state index in [1.54, 1.807) is 0 Å². The molecular formula is C24H45N11O5. The van der Waals surface area contributed by atoms with Crippen LogP contribution >= 0.6 is 0 Å². The Kier molecular flexibility index (Phi) is 16.6. The number of carboxylic acids is 1. The van der Waals surface area contributed by atoms with Gasteiger partial charge in [-0.2, -0.15) is 0 Å². The minimum absolute atomic E-state index is 0.0479. The molecule has 4 atom stereocenters. The van der Waals surface area contributed by atoms with Crippen LogP contribution in [0.15, 0.2) is 17.5 Å². The SMILES string of the molecule is NCCCC[C@H](NC(=O)[C@H](CCCCN)NC(=O)[C@H](Cc1cnc[nH]1)NC(=O)[C@@H](N)CCCN=C(N)N)C(=O)O. The van der Waals surface area contributed by atoms with Crippen molar-refractivity contribution >= 4 is 29.7 Å². The number of rotatable bonds is 21. The van der Waals surface area contributed by atoms with E-state index in [-0.39, 0.29) is 31.6 Å². The molecule has 1 rings (SSSR count). The van der Waals surface area contributed by atoms with Gasteiger partial charge >= 0.3 is 5.97 Å². The monoisotopic (exact) mass is 567 g/mol. The number of H-pyrrole nitrogens is 1. The fourth-order valence-corrected chi connectivity index (χ4v) is 3.81. The van der Waals surface area contributed by atoms with Crippen molar-refractivity contribution < 1.29 is 24.3 Å². The van der Waals surface area contributed by atoms with Gasteiger partial charge < -0.3 is 54.7 Å². The van der Waals surface area contributed by atoms with Crippen LogP contribution in [-0.2, 0) is 25.6 Å². The number of unbranched alkanes of at least 4 members (excludes halogenated alkanes) is 2. The van der Waals surface area contributed by atoms with Crippen molar-refractivity contribution in [1.29, 1.82) is 0 Å². The van der Waals surface area contributed by atoms with Gasteiger partial charge in [0.2, 0.25) is 17.7 Å². The van der Waals surface area contributed by atoms with Crippen molar-refractivity contribution in [2.75, 3.05) is 19.6 Å². The molecule has 0 aliphatic heterocycles. The smallest absolute Gasteiger partial charge is 0.326 e. The number of nitrogens with one attached hydrogen (secondary N) is 4. The second-order valence-corrected chi connectivity index (χ2v) is 9.43. The normalized spacial score (nSPS) is 13.9. The van der Waals surface area contributed by atoms with Gasteiger partial charge in [0.05, 0.1) is 12.4 Å². The average Bonchev–Trinajstić information content (AvgIpc) is 3.42. The molecule has 16 nitrogen and oxygen atoms in total. The quantitative estimate of drug-likeness (QED) is 0.0409. The lowest BCUT2D eigenvalue weighted by molar-refractivity contribution is -0.142. The fraction of sp³-hybridized carbons (Fsp3) is 0.667. The Morgan fingerprint density at radius 1 is 0.850 bits per heavy atom. The van der Waals surface area contributed by atoms with Gasteiger partial charge in [-0.25, -0.2) is 9.78 Å². The summed E-state index contributed by atoms with van der Waals surface area (Å²) in [6, 6.07) is -4.21. The number of nitrogens with two attached hydrogens (primary N) is 5. The summed E-state index contributed by atoms with van der Waals surface area (Å²) in [4.78, 5) is 61.6. The van der Waals surface area contributed by atoms with E-state index in [1.165, 1.54) is 12.5 Å². The van der Waals surface area contributed by atoms with Gasteiger partial charge in [-0.15, -0.1) is 0 Å². The van der Waals surface area contributed by atoms with Crippen LogP contribution in [0.2, 0.25) is 0 Å². The van der Waals surface area contributed by atoms with Crippen LogP contribution in [0.4, 0.5) is 0 Å². The molecule has 1 aromatic heterocycles. The number of guanidine groups is 1. The predicted molar refractivity (Wildman–Crippen MR) is 149 cm³/mol. The Labute approximate surface area is 233 Å². The zero-order valence-corrected chi connectivity index (χ0v) is 22.8. The molecule has 40 heavy (non-hydrogen) atoms. The average molecular weight is 568 g/mol. The number of carboxylic acid groups (broad SMARTS) is 1. The third-order valence-electron chi connectivity index (χ3n) is 6.06. The van der Waals surface area contributed by atoms with E-state index in [0.717, 1.165) is 0 Å². The first kappa shape index (κ1) is 34.3. The van der Waals surface area contributed by atoms with Crippen LogP contribution in [0.5, 0.6) is 0 Å². The first-order valence-corrected chi connectivity index (χ1v) is 13.4. The van der Waals surface area contributed by atoms with Crippen LogP contribution in [0.25, 0.3) is 0 Å². The second kappa shape index (κ2) is 19.3. The van der Waals surface area contributed by atoms with Gasteiger partial charge in [0, 0.05) is 24.9 Å². The molecule has 0 bridgehead atoms. The van der Waals surface area contributed by atoms with Crippen molar-refractivity contribution in [3.63, 3.8) is 0 Å². The molecule has 0 radical (unpaired) electrons. The number of carbonyl (C=O) groups excluding carboxylic acids is 3. The van der Waals surface area contributed by atoms with E-state index in [0.29, 0.717) is 57.4 Å². The van der Waals surface area contributed by atoms with Crippen LogP contribution in [0, 0.1) is 0 Å². The number of amides is 3. The number of hydrogen-bond acceptors (Lipinski definition) is 9. The maximum atomic E-state index is 13.4. The lowest BCUT2D eigenvalue weighted by atomic mass is 10.0. The Bertz CT molecular complexity index is 938. The van der Waals surface area contributed by atoms with Crippen molar-refractivity contribution in [3.05, 3.63) is 18.2 Å². The molecule has 16 heteroatoms. The van der Waals surface area contributed by atoms with Crippen LogP contribution in [0.1, 0.15) is 57.1 Å². The minimum Gasteiger partial charge on any atom is -0.480 e. The first-order valence-electron chi connectivity index (χ1n) is 13.4. The van der Waals surface area contributed by atoms with Crippen LogP contribution in [0.3, 0.4) is 0 Å². The van der Waals surface area contributed by atoms with Crippen LogP contribution in [-0.4, -0.2) is 88.5 Å². The van der Waals surface area contributed by atoms with E-state index in [2.05, 4.69) is 30.9 Å². The molecule has 1 aromatic rings. The summed E-state index contributed by atoms with van der Waals surface area (Å²) in [6.45, 7) is 1.09. The highest BCUT2D eigenvalue weighted by Gasteiger charge is 2.30. The number of imidazole rings is 1. The Balaban J connectivity index is 2.98. The molecule has 226 valence electrons. The van der Waals surface area contributed by atoms with E-state index in [4.69, 9.17) is 28.7 Å². The molecule has 0 aliphatic carbocycles. The Morgan fingerprint density at radius 2 is 1.43 bits per heavy atom.